The predicted octanol–water partition coefficient (Wildman–Crippen LogP) is 2.19. The van der Waals surface area contributed by atoms with Crippen molar-refractivity contribution in [3.05, 3.63) is 83.0 Å². The van der Waals surface area contributed by atoms with E-state index in [1.54, 1.807) is 48.5 Å². The third kappa shape index (κ3) is 2.64. The van der Waals surface area contributed by atoms with E-state index in [2.05, 4.69) is 11.8 Å². The lowest BCUT2D eigenvalue weighted by molar-refractivity contribution is -0.122. The van der Waals surface area contributed by atoms with Crippen molar-refractivity contribution < 1.29 is 19.2 Å². The van der Waals surface area contributed by atoms with Crippen molar-refractivity contribution in [2.45, 2.75) is 0 Å². The van der Waals surface area contributed by atoms with E-state index in [-0.39, 0.29) is 11.1 Å². The highest BCUT2D eigenvalue weighted by Gasteiger charge is 2.52. The molecule has 152 valence electrons. The topological polar surface area (TPSA) is 74.8 Å². The Bertz CT molecular complexity index is 1350. The fraction of sp³-hybridized carbons (Fsp3) is 0.0769. The van der Waals surface area contributed by atoms with Crippen molar-refractivity contribution in [2.24, 2.45) is 11.8 Å². The number of terminal acetylenes is 2. The summed E-state index contributed by atoms with van der Waals surface area (Å²) < 4.78 is 0. The fourth-order valence-corrected chi connectivity index (χ4v) is 4.27. The maximum atomic E-state index is 13.1. The van der Waals surface area contributed by atoms with Gasteiger partial charge in [-0.3, -0.25) is 19.2 Å². The van der Waals surface area contributed by atoms with Gasteiger partial charge in [-0.05, 0) is 36.4 Å². The second-order valence-corrected chi connectivity index (χ2v) is 7.56. The van der Waals surface area contributed by atoms with E-state index in [0.717, 1.165) is 9.80 Å². The van der Waals surface area contributed by atoms with Crippen molar-refractivity contribution in [3.63, 3.8) is 0 Å². The summed E-state index contributed by atoms with van der Waals surface area (Å²) in [6.07, 6.45) is 13.7. The van der Waals surface area contributed by atoms with E-state index in [1.807, 2.05) is 0 Å². The van der Waals surface area contributed by atoms with Crippen LogP contribution in [0.25, 0.3) is 0 Å². The summed E-state index contributed by atoms with van der Waals surface area (Å²) in [6, 6.07) is 13.0. The maximum Gasteiger partial charge on any atom is 0.265 e. The first kappa shape index (κ1) is 19.3. The van der Waals surface area contributed by atoms with Gasteiger partial charge in [-0.2, -0.15) is 0 Å². The summed E-state index contributed by atoms with van der Waals surface area (Å²) in [5, 5.41) is 0. The van der Waals surface area contributed by atoms with Gasteiger partial charge in [0.2, 0.25) is 11.8 Å². The first-order valence-corrected chi connectivity index (χ1v) is 9.78. The van der Waals surface area contributed by atoms with E-state index in [0.29, 0.717) is 22.5 Å². The maximum absolute atomic E-state index is 13.1. The highest BCUT2D eigenvalue weighted by Crippen LogP contribution is 2.42. The molecule has 2 unspecified atom stereocenters. The molecule has 1 aliphatic carbocycles. The Morgan fingerprint density at radius 3 is 1.53 bits per heavy atom. The first-order valence-electron chi connectivity index (χ1n) is 9.78. The number of rotatable bonds is 2. The number of hydrogen-bond acceptors (Lipinski definition) is 4. The summed E-state index contributed by atoms with van der Waals surface area (Å²) >= 11 is 0. The molecule has 2 aliphatic heterocycles. The highest BCUT2D eigenvalue weighted by molar-refractivity contribution is 6.38. The Hall–Kier alpha value is -4.68. The average Bonchev–Trinajstić information content (AvgIpc) is 3.21. The van der Waals surface area contributed by atoms with Crippen LogP contribution in [0, 0.1) is 36.5 Å². The number of fused-ring (bicyclic) bond motifs is 2. The predicted molar refractivity (Wildman–Crippen MR) is 117 cm³/mol. The van der Waals surface area contributed by atoms with Crippen molar-refractivity contribution in [1.82, 2.24) is 0 Å². The summed E-state index contributed by atoms with van der Waals surface area (Å²) in [5.74, 6) is 1.16. The van der Waals surface area contributed by atoms with Crippen LogP contribution in [0.2, 0.25) is 0 Å². The quantitative estimate of drug-likeness (QED) is 0.554. The molecule has 0 aromatic heterocycles. The largest absolute Gasteiger partial charge is 0.273 e. The van der Waals surface area contributed by atoms with E-state index < -0.39 is 35.5 Å². The second kappa shape index (κ2) is 6.94. The van der Waals surface area contributed by atoms with Crippen LogP contribution >= 0.6 is 0 Å². The third-order valence-corrected chi connectivity index (χ3v) is 5.79. The Morgan fingerprint density at radius 1 is 0.656 bits per heavy atom. The number of nitrogens with zero attached hydrogens (tertiary/aromatic N) is 2. The fourth-order valence-electron chi connectivity index (χ4n) is 4.27. The normalized spacial score (nSPS) is 21.6. The molecule has 0 spiro atoms. The molecule has 32 heavy (non-hydrogen) atoms. The van der Waals surface area contributed by atoms with Crippen LogP contribution in [0.4, 0.5) is 11.4 Å². The van der Waals surface area contributed by atoms with Crippen LogP contribution < -0.4 is 9.80 Å². The Labute approximate surface area is 183 Å². The molecule has 6 heteroatoms. The van der Waals surface area contributed by atoms with Crippen LogP contribution in [0.1, 0.15) is 11.1 Å². The molecule has 2 aromatic carbocycles. The summed E-state index contributed by atoms with van der Waals surface area (Å²) in [4.78, 5) is 54.4. The number of anilines is 2. The van der Waals surface area contributed by atoms with E-state index in [1.165, 1.54) is 12.2 Å². The summed E-state index contributed by atoms with van der Waals surface area (Å²) in [6.45, 7) is 0. The van der Waals surface area contributed by atoms with Gasteiger partial charge >= 0.3 is 0 Å². The molecular weight excluding hydrogens is 404 g/mol. The molecule has 0 N–H and O–H groups in total. The van der Waals surface area contributed by atoms with Crippen molar-refractivity contribution in [2.75, 3.05) is 9.80 Å². The minimum atomic E-state index is -0.871. The highest BCUT2D eigenvalue weighted by atomic mass is 16.2. The molecule has 3 aliphatic rings. The van der Waals surface area contributed by atoms with Crippen LogP contribution in [-0.2, 0) is 19.2 Å². The second-order valence-electron chi connectivity index (χ2n) is 7.56. The van der Waals surface area contributed by atoms with Gasteiger partial charge < -0.3 is 0 Å². The van der Waals surface area contributed by atoms with Gasteiger partial charge in [0.25, 0.3) is 11.8 Å². The molecule has 5 rings (SSSR count). The van der Waals surface area contributed by atoms with Gasteiger partial charge in [-0.15, -0.1) is 12.8 Å². The van der Waals surface area contributed by atoms with Gasteiger partial charge in [0.15, 0.2) is 0 Å². The zero-order chi connectivity index (χ0) is 22.6. The molecule has 2 aromatic rings. The molecule has 0 saturated carbocycles. The molecule has 2 saturated heterocycles. The average molecular weight is 418 g/mol. The summed E-state index contributed by atoms with van der Waals surface area (Å²) in [5.41, 5.74) is 1.97. The van der Waals surface area contributed by atoms with E-state index in [4.69, 9.17) is 12.8 Å². The van der Waals surface area contributed by atoms with E-state index in [9.17, 15) is 19.2 Å². The molecule has 0 radical (unpaired) electrons. The number of amides is 4. The standard InChI is InChI=1S/C26H14N2O4/c1-3-15-7-5-9-17(11-15)27-23(29)19-13-21-22(14-20(19)24(27)30)26(32)28(25(21)31)18-10-6-8-16(4-2)12-18/h1-2,5-14,19-20H. The van der Waals surface area contributed by atoms with Gasteiger partial charge in [0.05, 0.1) is 23.2 Å². The smallest absolute Gasteiger partial charge is 0.265 e. The third-order valence-electron chi connectivity index (χ3n) is 5.79. The SMILES string of the molecule is C#Cc1cccc(N2C(=O)C3=CC4C(=O)N(c5cccc(C#C)c5)C(=O)C4C=C3C2=O)c1. The minimum Gasteiger partial charge on any atom is -0.273 e. The van der Waals surface area contributed by atoms with Crippen LogP contribution in [0.15, 0.2) is 71.8 Å². The Kier molecular flexibility index (Phi) is 4.18. The number of hydrogen-bond donors (Lipinski definition) is 0. The number of benzene rings is 2. The molecule has 2 atom stereocenters. The lowest BCUT2D eigenvalue weighted by atomic mass is 9.84. The van der Waals surface area contributed by atoms with Gasteiger partial charge in [0.1, 0.15) is 0 Å². The monoisotopic (exact) mass is 418 g/mol. The number of carbonyl (C=O) groups excluding carboxylic acids is 4. The Morgan fingerprint density at radius 2 is 1.09 bits per heavy atom. The minimum absolute atomic E-state index is 0.114. The molecule has 2 heterocycles. The zero-order valence-electron chi connectivity index (χ0n) is 16.6. The zero-order valence-corrected chi connectivity index (χ0v) is 16.6. The van der Waals surface area contributed by atoms with Crippen molar-refractivity contribution in [3.8, 4) is 24.7 Å². The van der Waals surface area contributed by atoms with Gasteiger partial charge in [-0.1, -0.05) is 36.1 Å². The molecule has 4 amide bonds. The lowest BCUT2D eigenvalue weighted by Gasteiger charge is -2.15. The van der Waals surface area contributed by atoms with Gasteiger partial charge in [-0.25, -0.2) is 9.80 Å². The summed E-state index contributed by atoms with van der Waals surface area (Å²) in [7, 11) is 0. The molecule has 6 nitrogen and oxygen atoms in total. The van der Waals surface area contributed by atoms with Crippen LogP contribution in [0.5, 0.6) is 0 Å². The lowest BCUT2D eigenvalue weighted by Crippen LogP contribution is -2.31. The number of carbonyl (C=O) groups is 4. The molecule has 0 bridgehead atoms. The van der Waals surface area contributed by atoms with Gasteiger partial charge in [0, 0.05) is 22.3 Å². The van der Waals surface area contributed by atoms with Crippen molar-refractivity contribution >= 4 is 35.0 Å². The molecule has 2 fully saturated rings. The first-order chi connectivity index (χ1) is 15.4. The van der Waals surface area contributed by atoms with Crippen LogP contribution in [-0.4, -0.2) is 23.6 Å². The van der Waals surface area contributed by atoms with Crippen LogP contribution in [0.3, 0.4) is 0 Å². The number of imide groups is 2. The van der Waals surface area contributed by atoms with Crippen molar-refractivity contribution in [1.29, 1.82) is 0 Å². The van der Waals surface area contributed by atoms with E-state index >= 15 is 0 Å². The Balaban J connectivity index is 1.53. The molecular formula is C26H14N2O4.